The molecule has 0 aromatic carbocycles. The summed E-state index contributed by atoms with van der Waals surface area (Å²) in [7, 11) is 0. The Morgan fingerprint density at radius 1 is 1.45 bits per heavy atom. The van der Waals surface area contributed by atoms with Gasteiger partial charge in [-0.2, -0.15) is 0 Å². The molecule has 0 aliphatic heterocycles. The van der Waals surface area contributed by atoms with E-state index in [1.165, 1.54) is 11.3 Å². The maximum atomic E-state index is 11.7. The number of thioether (sulfide) groups is 1. The molecule has 0 aliphatic carbocycles. The lowest BCUT2D eigenvalue weighted by Gasteiger charge is -2.11. The minimum Gasteiger partial charge on any atom is -0.410 e. The summed E-state index contributed by atoms with van der Waals surface area (Å²) < 4.78 is 5.44. The molecule has 0 aliphatic rings. The number of rotatable bonds is 6. The zero-order valence-electron chi connectivity index (χ0n) is 12.2. The molecule has 2 heterocycles. The van der Waals surface area contributed by atoms with Gasteiger partial charge in [-0.1, -0.05) is 24.8 Å². The number of hydrogen-bond donors (Lipinski definition) is 2. The Labute approximate surface area is 135 Å². The van der Waals surface area contributed by atoms with E-state index in [-0.39, 0.29) is 11.8 Å². The molecular weight excluding hydrogens is 324 g/mol. The average Bonchev–Trinajstić information content (AvgIpc) is 3.15. The van der Waals surface area contributed by atoms with Gasteiger partial charge in [-0.3, -0.25) is 10.1 Å². The maximum Gasteiger partial charge on any atom is 0.321 e. The highest BCUT2D eigenvalue weighted by molar-refractivity contribution is 7.99. The Morgan fingerprint density at radius 3 is 2.95 bits per heavy atom. The predicted molar refractivity (Wildman–Crippen MR) is 84.8 cm³/mol. The molecule has 2 aromatic heterocycles. The zero-order chi connectivity index (χ0) is 15.9. The normalized spacial score (nSPS) is 11.9. The molecule has 3 amide bonds. The number of nitrogens with one attached hydrogen (secondary N) is 2. The zero-order valence-corrected chi connectivity index (χ0v) is 13.8. The minimum atomic E-state index is -0.496. The third-order valence-corrected chi connectivity index (χ3v) is 4.38. The third-order valence-electron chi connectivity index (χ3n) is 2.71. The molecule has 0 bridgehead atoms. The van der Waals surface area contributed by atoms with Crippen LogP contribution in [0.2, 0.25) is 0 Å². The van der Waals surface area contributed by atoms with E-state index in [4.69, 9.17) is 4.42 Å². The van der Waals surface area contributed by atoms with Crippen LogP contribution in [0.15, 0.2) is 27.2 Å². The number of urea groups is 1. The summed E-state index contributed by atoms with van der Waals surface area (Å²) in [6.45, 7) is 3.81. The second-order valence-corrected chi connectivity index (χ2v) is 6.34. The molecular formula is C13H16N4O3S2. The van der Waals surface area contributed by atoms with Crippen LogP contribution in [0.5, 0.6) is 0 Å². The van der Waals surface area contributed by atoms with Gasteiger partial charge in [0.2, 0.25) is 5.91 Å². The fourth-order valence-corrected chi connectivity index (χ4v) is 2.63. The van der Waals surface area contributed by atoms with Gasteiger partial charge in [0.1, 0.15) is 0 Å². The molecule has 2 N–H and O–H groups in total. The van der Waals surface area contributed by atoms with Crippen LogP contribution < -0.4 is 10.6 Å². The van der Waals surface area contributed by atoms with Gasteiger partial charge >= 0.3 is 6.03 Å². The van der Waals surface area contributed by atoms with Gasteiger partial charge in [0.15, 0.2) is 0 Å². The number of carbonyl (C=O) groups excluding carboxylic acids is 2. The van der Waals surface area contributed by atoms with E-state index in [2.05, 4.69) is 20.8 Å². The van der Waals surface area contributed by atoms with E-state index in [1.807, 2.05) is 31.4 Å². The van der Waals surface area contributed by atoms with Gasteiger partial charge in [0, 0.05) is 6.04 Å². The van der Waals surface area contributed by atoms with Crippen LogP contribution in [0.1, 0.15) is 20.3 Å². The van der Waals surface area contributed by atoms with Crippen molar-refractivity contribution in [1.82, 2.24) is 20.8 Å². The number of aromatic nitrogens is 2. The largest absolute Gasteiger partial charge is 0.410 e. The molecule has 9 heteroatoms. The molecule has 0 saturated heterocycles. The highest BCUT2D eigenvalue weighted by Crippen LogP contribution is 2.26. The van der Waals surface area contributed by atoms with E-state index in [0.29, 0.717) is 11.1 Å². The molecule has 0 radical (unpaired) electrons. The van der Waals surface area contributed by atoms with Crippen LogP contribution in [-0.4, -0.2) is 33.9 Å². The monoisotopic (exact) mass is 340 g/mol. The Hall–Kier alpha value is -1.87. The fourth-order valence-electron chi connectivity index (χ4n) is 1.42. The molecule has 2 aromatic rings. The highest BCUT2D eigenvalue weighted by atomic mass is 32.2. The van der Waals surface area contributed by atoms with E-state index >= 15 is 0 Å². The first-order valence-electron chi connectivity index (χ1n) is 6.69. The molecule has 2 rings (SSSR count). The second-order valence-electron chi connectivity index (χ2n) is 4.47. The number of carbonyl (C=O) groups is 2. The molecule has 22 heavy (non-hydrogen) atoms. The summed E-state index contributed by atoms with van der Waals surface area (Å²) in [5.41, 5.74) is 0. The van der Waals surface area contributed by atoms with Gasteiger partial charge < -0.3 is 9.73 Å². The fraction of sp³-hybridized carbons (Fsp3) is 0.385. The lowest BCUT2D eigenvalue weighted by molar-refractivity contribution is -0.117. The van der Waals surface area contributed by atoms with E-state index < -0.39 is 11.9 Å². The van der Waals surface area contributed by atoms with Crippen molar-refractivity contribution in [2.24, 2.45) is 0 Å². The van der Waals surface area contributed by atoms with Crippen molar-refractivity contribution in [2.75, 3.05) is 5.75 Å². The first-order valence-corrected chi connectivity index (χ1v) is 8.55. The Balaban J connectivity index is 1.78. The van der Waals surface area contributed by atoms with Crippen LogP contribution in [0.4, 0.5) is 4.79 Å². The summed E-state index contributed by atoms with van der Waals surface area (Å²) in [5, 5.41) is 14.9. The van der Waals surface area contributed by atoms with Crippen LogP contribution >= 0.6 is 23.1 Å². The lowest BCUT2D eigenvalue weighted by Crippen LogP contribution is -2.43. The Bertz CT molecular complexity index is 627. The van der Waals surface area contributed by atoms with Crippen LogP contribution in [0.3, 0.4) is 0 Å². The quantitative estimate of drug-likeness (QED) is 0.784. The summed E-state index contributed by atoms with van der Waals surface area (Å²) in [5.74, 6) is 0.0362. The SMILES string of the molecule is CC[C@H](C)NC(=O)NC(=O)CSc1nnc(-c2cccs2)o1. The summed E-state index contributed by atoms with van der Waals surface area (Å²) in [4.78, 5) is 24.0. The Kier molecular flexibility index (Phi) is 5.96. The predicted octanol–water partition coefficient (Wildman–Crippen LogP) is 2.51. The smallest absolute Gasteiger partial charge is 0.321 e. The first kappa shape index (κ1) is 16.5. The number of amides is 3. The van der Waals surface area contributed by atoms with Crippen LogP contribution in [0, 0.1) is 0 Å². The topological polar surface area (TPSA) is 97.1 Å². The van der Waals surface area contributed by atoms with Crippen molar-refractivity contribution in [2.45, 2.75) is 31.5 Å². The van der Waals surface area contributed by atoms with Crippen molar-refractivity contribution in [1.29, 1.82) is 0 Å². The molecule has 118 valence electrons. The van der Waals surface area contributed by atoms with Crippen molar-refractivity contribution in [3.63, 3.8) is 0 Å². The third kappa shape index (κ3) is 4.85. The molecule has 0 saturated carbocycles. The molecule has 7 nitrogen and oxygen atoms in total. The average molecular weight is 340 g/mol. The van der Waals surface area contributed by atoms with Crippen LogP contribution in [0.25, 0.3) is 10.8 Å². The number of hydrogen-bond acceptors (Lipinski definition) is 7. The molecule has 0 spiro atoms. The van der Waals surface area contributed by atoms with Gasteiger partial charge in [-0.15, -0.1) is 21.5 Å². The standard InChI is InChI=1S/C13H16N4O3S2/c1-3-8(2)14-12(19)15-10(18)7-22-13-17-16-11(20-13)9-5-4-6-21-9/h4-6,8H,3,7H2,1-2H3,(H2,14,15,18,19)/t8-/m0/s1. The summed E-state index contributed by atoms with van der Waals surface area (Å²) in [6, 6.07) is 3.29. The van der Waals surface area contributed by atoms with Crippen molar-refractivity contribution < 1.29 is 14.0 Å². The summed E-state index contributed by atoms with van der Waals surface area (Å²) in [6.07, 6.45) is 0.795. The molecule has 1 atom stereocenters. The lowest BCUT2D eigenvalue weighted by atomic mass is 10.3. The van der Waals surface area contributed by atoms with Gasteiger partial charge in [0.25, 0.3) is 11.1 Å². The molecule has 0 unspecified atom stereocenters. The van der Waals surface area contributed by atoms with Crippen LogP contribution in [-0.2, 0) is 4.79 Å². The maximum absolute atomic E-state index is 11.7. The van der Waals surface area contributed by atoms with Crippen molar-refractivity contribution in [3.05, 3.63) is 17.5 Å². The molecule has 0 fully saturated rings. The van der Waals surface area contributed by atoms with Gasteiger partial charge in [0.05, 0.1) is 10.6 Å². The Morgan fingerprint density at radius 2 is 2.27 bits per heavy atom. The van der Waals surface area contributed by atoms with E-state index in [9.17, 15) is 9.59 Å². The minimum absolute atomic E-state index is 0.0183. The number of thiophene rings is 1. The first-order chi connectivity index (χ1) is 10.6. The number of nitrogens with zero attached hydrogens (tertiary/aromatic N) is 2. The summed E-state index contributed by atoms with van der Waals surface area (Å²) >= 11 is 2.58. The van der Waals surface area contributed by atoms with Crippen molar-refractivity contribution in [3.8, 4) is 10.8 Å². The van der Waals surface area contributed by atoms with Crippen molar-refractivity contribution >= 4 is 35.0 Å². The van der Waals surface area contributed by atoms with Gasteiger partial charge in [-0.25, -0.2) is 4.79 Å². The number of imide groups is 1. The second kappa shape index (κ2) is 7.95. The van der Waals surface area contributed by atoms with E-state index in [1.54, 1.807) is 0 Å². The van der Waals surface area contributed by atoms with E-state index in [0.717, 1.165) is 23.1 Å². The van der Waals surface area contributed by atoms with Gasteiger partial charge in [-0.05, 0) is 24.8 Å². The highest BCUT2D eigenvalue weighted by Gasteiger charge is 2.14.